The Bertz CT molecular complexity index is 544. The van der Waals surface area contributed by atoms with Crippen molar-refractivity contribution in [1.82, 2.24) is 0 Å². The van der Waals surface area contributed by atoms with Crippen molar-refractivity contribution in [2.45, 2.75) is 57.6 Å². The van der Waals surface area contributed by atoms with Crippen molar-refractivity contribution in [1.29, 1.82) is 0 Å². The van der Waals surface area contributed by atoms with Gasteiger partial charge in [-0.25, -0.2) is 4.99 Å². The lowest BCUT2D eigenvalue weighted by Gasteiger charge is -2.25. The van der Waals surface area contributed by atoms with Crippen LogP contribution in [0.5, 0.6) is 0 Å². The van der Waals surface area contributed by atoms with E-state index < -0.39 is 5.91 Å². The molecule has 1 aromatic carbocycles. The van der Waals surface area contributed by atoms with Gasteiger partial charge in [0.15, 0.2) is 0 Å². The second-order valence-corrected chi connectivity index (χ2v) is 6.13. The number of aliphatic hydroxyl groups excluding tert-OH is 2. The average molecular weight is 321 g/mol. The lowest BCUT2D eigenvalue weighted by molar-refractivity contribution is -0.189. The molecule has 1 heterocycles. The second-order valence-electron chi connectivity index (χ2n) is 6.13. The summed E-state index contributed by atoms with van der Waals surface area (Å²) in [6, 6.07) is 7.82. The molecule has 2 N–H and O–H groups in total. The third-order valence-corrected chi connectivity index (χ3v) is 3.70. The van der Waals surface area contributed by atoms with E-state index >= 15 is 0 Å². The Balaban J connectivity index is 1.99. The lowest BCUT2D eigenvalue weighted by Crippen LogP contribution is -2.32. The first-order valence-electron chi connectivity index (χ1n) is 8.33. The van der Waals surface area contributed by atoms with Crippen LogP contribution in [0.2, 0.25) is 0 Å². The Kier molecular flexibility index (Phi) is 6.72. The van der Waals surface area contributed by atoms with E-state index in [0.29, 0.717) is 26.1 Å². The van der Waals surface area contributed by atoms with Crippen molar-refractivity contribution in [2.75, 3.05) is 13.2 Å². The number of para-hydroxylation sites is 1. The molecular weight excluding hydrogens is 294 g/mol. The minimum Gasteiger partial charge on any atom is -0.393 e. The maximum absolute atomic E-state index is 9.33. The van der Waals surface area contributed by atoms with Crippen LogP contribution in [0, 0.1) is 0 Å². The lowest BCUT2D eigenvalue weighted by atomic mass is 10.2. The largest absolute Gasteiger partial charge is 0.393 e. The van der Waals surface area contributed by atoms with Gasteiger partial charge >= 0.3 is 0 Å². The molecule has 0 amide bonds. The third-order valence-electron chi connectivity index (χ3n) is 3.70. The Hall–Kier alpha value is -1.27. The van der Waals surface area contributed by atoms with E-state index in [2.05, 4.69) is 4.99 Å². The Morgan fingerprint density at radius 2 is 1.57 bits per heavy atom. The van der Waals surface area contributed by atoms with E-state index in [1.165, 1.54) is 0 Å². The fourth-order valence-corrected chi connectivity index (χ4v) is 2.49. The van der Waals surface area contributed by atoms with Crippen LogP contribution < -0.4 is 10.6 Å². The highest BCUT2D eigenvalue weighted by Crippen LogP contribution is 2.20. The van der Waals surface area contributed by atoms with Crippen LogP contribution in [0.4, 0.5) is 0 Å². The molecule has 0 bridgehead atoms. The fourth-order valence-electron chi connectivity index (χ4n) is 2.49. The van der Waals surface area contributed by atoms with Gasteiger partial charge in [0.1, 0.15) is 0 Å². The number of fused-ring (bicyclic) bond motifs is 1. The molecule has 1 aliphatic rings. The molecule has 1 aliphatic heterocycles. The molecule has 0 radical (unpaired) electrons. The second kappa shape index (κ2) is 8.55. The van der Waals surface area contributed by atoms with Crippen LogP contribution >= 0.6 is 0 Å². The summed E-state index contributed by atoms with van der Waals surface area (Å²) in [7, 11) is 0. The number of aliphatic hydroxyl groups is 2. The van der Waals surface area contributed by atoms with Gasteiger partial charge in [0, 0.05) is 11.3 Å². The molecule has 23 heavy (non-hydrogen) atoms. The van der Waals surface area contributed by atoms with E-state index in [0.717, 1.165) is 23.4 Å². The quantitative estimate of drug-likeness (QED) is 0.500. The first kappa shape index (κ1) is 18.1. The van der Waals surface area contributed by atoms with Gasteiger partial charge in [-0.2, -0.15) is 0 Å². The van der Waals surface area contributed by atoms with Crippen molar-refractivity contribution in [2.24, 2.45) is 4.99 Å². The molecule has 1 aromatic rings. The predicted molar refractivity (Wildman–Crippen MR) is 88.2 cm³/mol. The van der Waals surface area contributed by atoms with Crippen LogP contribution in [0.25, 0.3) is 6.08 Å². The van der Waals surface area contributed by atoms with Gasteiger partial charge in [-0.3, -0.25) is 0 Å². The molecule has 5 heteroatoms. The predicted octanol–water partition coefficient (Wildman–Crippen LogP) is 1.11. The SMILES string of the molecule is CC(O)CCCOC1(OCCCC(C)O)C=c2ccccc2=N1. The van der Waals surface area contributed by atoms with Crippen molar-refractivity contribution in [3.8, 4) is 0 Å². The van der Waals surface area contributed by atoms with Crippen molar-refractivity contribution in [3.63, 3.8) is 0 Å². The number of hydrogen-bond acceptors (Lipinski definition) is 5. The highest BCUT2D eigenvalue weighted by Gasteiger charge is 2.31. The first-order valence-corrected chi connectivity index (χ1v) is 8.33. The summed E-state index contributed by atoms with van der Waals surface area (Å²) < 4.78 is 11.8. The van der Waals surface area contributed by atoms with Gasteiger partial charge in [-0.15, -0.1) is 0 Å². The summed E-state index contributed by atoms with van der Waals surface area (Å²) in [6.07, 6.45) is 4.10. The normalized spacial score (nSPS) is 22.1. The van der Waals surface area contributed by atoms with Gasteiger partial charge in [0.05, 0.1) is 30.8 Å². The van der Waals surface area contributed by atoms with Crippen molar-refractivity contribution in [3.05, 3.63) is 34.8 Å². The average Bonchev–Trinajstić information content (AvgIpc) is 2.86. The first-order chi connectivity index (χ1) is 11.0. The minimum atomic E-state index is -1.08. The maximum Gasteiger partial charge on any atom is 0.292 e. The van der Waals surface area contributed by atoms with Crippen molar-refractivity contribution < 1.29 is 19.7 Å². The van der Waals surface area contributed by atoms with E-state index in [-0.39, 0.29) is 12.2 Å². The number of benzene rings is 1. The minimum absolute atomic E-state index is 0.330. The highest BCUT2D eigenvalue weighted by molar-refractivity contribution is 5.35. The molecule has 0 aliphatic carbocycles. The number of rotatable bonds is 10. The highest BCUT2D eigenvalue weighted by atomic mass is 16.7. The van der Waals surface area contributed by atoms with Gasteiger partial charge in [0.25, 0.3) is 5.91 Å². The monoisotopic (exact) mass is 321 g/mol. The molecule has 0 saturated heterocycles. The van der Waals surface area contributed by atoms with E-state index in [4.69, 9.17) is 9.47 Å². The van der Waals surface area contributed by atoms with Crippen LogP contribution in [0.15, 0.2) is 29.3 Å². The molecule has 2 rings (SSSR count). The smallest absolute Gasteiger partial charge is 0.292 e. The summed E-state index contributed by atoms with van der Waals surface area (Å²) in [5, 5.41) is 20.5. The Morgan fingerprint density at radius 1 is 1.00 bits per heavy atom. The van der Waals surface area contributed by atoms with E-state index in [1.807, 2.05) is 30.3 Å². The number of ether oxygens (including phenoxy) is 2. The van der Waals surface area contributed by atoms with Gasteiger partial charge in [0.2, 0.25) is 0 Å². The Morgan fingerprint density at radius 3 is 2.09 bits per heavy atom. The summed E-state index contributed by atoms with van der Waals surface area (Å²) in [5.74, 6) is -1.08. The molecular formula is C18H27NO4. The summed E-state index contributed by atoms with van der Waals surface area (Å²) in [6.45, 7) is 4.47. The zero-order valence-electron chi connectivity index (χ0n) is 13.9. The summed E-state index contributed by atoms with van der Waals surface area (Å²) in [5.41, 5.74) is 0. The standard InChI is InChI=1S/C18H27NO4/c1-14(20)7-5-11-22-18(23-12-6-8-15(2)21)13-16-9-3-4-10-17(16)19-18/h3-4,9-10,13-15,20-21H,5-8,11-12H2,1-2H3. The van der Waals surface area contributed by atoms with E-state index in [1.54, 1.807) is 13.8 Å². The van der Waals surface area contributed by atoms with Gasteiger partial charge < -0.3 is 19.7 Å². The molecule has 0 fully saturated rings. The molecule has 2 unspecified atom stereocenters. The van der Waals surface area contributed by atoms with Gasteiger partial charge in [-0.05, 0) is 45.6 Å². The summed E-state index contributed by atoms with van der Waals surface area (Å²) in [4.78, 5) is 4.59. The molecule has 0 spiro atoms. The van der Waals surface area contributed by atoms with Crippen LogP contribution in [0.3, 0.4) is 0 Å². The molecule has 5 nitrogen and oxygen atoms in total. The molecule has 128 valence electrons. The topological polar surface area (TPSA) is 71.3 Å². The van der Waals surface area contributed by atoms with Crippen LogP contribution in [0.1, 0.15) is 39.5 Å². The van der Waals surface area contributed by atoms with Crippen molar-refractivity contribution >= 4 is 6.08 Å². The van der Waals surface area contributed by atoms with Crippen LogP contribution in [-0.2, 0) is 9.47 Å². The summed E-state index contributed by atoms with van der Waals surface area (Å²) >= 11 is 0. The number of hydrogen-bond donors (Lipinski definition) is 2. The van der Waals surface area contributed by atoms with Gasteiger partial charge in [-0.1, -0.05) is 18.2 Å². The maximum atomic E-state index is 9.33. The molecule has 2 atom stereocenters. The van der Waals surface area contributed by atoms with E-state index in [9.17, 15) is 10.2 Å². The third kappa shape index (κ3) is 5.70. The Labute approximate surface area is 137 Å². The zero-order chi connectivity index (χ0) is 16.7. The molecule has 0 aromatic heterocycles. The number of nitrogens with zero attached hydrogens (tertiary/aromatic N) is 1. The van der Waals surface area contributed by atoms with Crippen LogP contribution in [-0.4, -0.2) is 41.5 Å². The zero-order valence-corrected chi connectivity index (χ0v) is 13.9. The molecule has 0 saturated carbocycles. The fraction of sp³-hybridized carbons (Fsp3) is 0.611.